The average molecular weight is 1600 g/mol. The average Bonchev–Trinajstić information content (AvgIpc) is 1.75. The zero-order valence-corrected chi connectivity index (χ0v) is 65.8. The second-order valence-corrected chi connectivity index (χ2v) is 33.4. The first kappa shape index (κ1) is 89.9. The summed E-state index contributed by atoms with van der Waals surface area (Å²) in [7, 11) is 8.15. The van der Waals surface area contributed by atoms with E-state index in [4.69, 9.17) is 4.74 Å². The van der Waals surface area contributed by atoms with E-state index in [2.05, 4.69) is 16.0 Å². The van der Waals surface area contributed by atoms with Crippen LogP contribution in [-0.4, -0.2) is 295 Å². The van der Waals surface area contributed by atoms with Gasteiger partial charge in [-0.15, -0.1) is 0 Å². The van der Waals surface area contributed by atoms with Crippen molar-refractivity contribution in [2.75, 3.05) is 101 Å². The van der Waals surface area contributed by atoms with Crippen LogP contribution in [-0.2, 0) is 57.5 Å². The number of amides is 11. The van der Waals surface area contributed by atoms with Gasteiger partial charge < -0.3 is 64.8 Å². The number of ether oxygens (including phenoxy) is 1. The fourth-order valence-electron chi connectivity index (χ4n) is 18.1. The Morgan fingerprint density at radius 1 is 0.586 bits per heavy atom. The van der Waals surface area contributed by atoms with E-state index in [-0.39, 0.29) is 109 Å². The van der Waals surface area contributed by atoms with E-state index in [1.165, 1.54) is 52.7 Å². The second-order valence-electron chi connectivity index (χ2n) is 33.4. The fourth-order valence-corrected chi connectivity index (χ4v) is 18.1. The molecule has 0 radical (unpaired) electrons. The van der Waals surface area contributed by atoms with Crippen molar-refractivity contribution in [1.82, 2.24) is 60.0 Å². The number of carbonyl (C=O) groups is 11. The van der Waals surface area contributed by atoms with Crippen LogP contribution in [0.25, 0.3) is 0 Å². The molecule has 35 heteroatoms. The molecule has 4 aliphatic carbocycles. The van der Waals surface area contributed by atoms with E-state index in [0.717, 1.165) is 21.7 Å². The number of halogens is 11. The lowest BCUT2D eigenvalue weighted by atomic mass is 9.74. The Bertz CT molecular complexity index is 3250. The molecule has 4 saturated heterocycles. The van der Waals surface area contributed by atoms with Crippen molar-refractivity contribution in [3.05, 3.63) is 0 Å². The third kappa shape index (κ3) is 22.1. The molecule has 111 heavy (non-hydrogen) atoms. The van der Waals surface area contributed by atoms with Crippen molar-refractivity contribution in [3.63, 3.8) is 0 Å². The van der Waals surface area contributed by atoms with Crippen LogP contribution < -0.4 is 16.0 Å². The van der Waals surface area contributed by atoms with E-state index in [1.54, 1.807) is 7.05 Å². The SMILES string of the molecule is CC[C@@H](C)[C@@H]1NC[C@H](CC(C)C)N(C)C(=O)C[C@@H](C(=O)N2CCOCC2)N(C)C(=O)[C@H](C2CCCC2)N(C)C(=O)C2(CCC2)NC(=O)[C@@H]2C[C@@H](C(F)(F)F)CN2C(=O)[C@H](CCC2CC(F)C(C(F)(F)F)C(F)C2)NC(=O)CN(C)C(=O)[C@H](CC2CCC(C(F)(F)F)CC2)N2CCCCC[C@@H](C2=O)N(C)C(=O)CN(C)C1=O. The van der Waals surface area contributed by atoms with Gasteiger partial charge >= 0.3 is 18.5 Å². The van der Waals surface area contributed by atoms with Crippen LogP contribution in [0.3, 0.4) is 0 Å². The number of likely N-dealkylation sites (N-methyl/N-ethyl adjacent to an activating group) is 6. The molecule has 8 rings (SSSR count). The van der Waals surface area contributed by atoms with E-state index < -0.39 is 243 Å². The highest BCUT2D eigenvalue weighted by atomic mass is 19.4. The first-order valence-electron chi connectivity index (χ1n) is 39.8. The minimum absolute atomic E-state index is 0.0228. The smallest absolute Gasteiger partial charge is 0.378 e. The Labute approximate surface area is 643 Å². The molecule has 630 valence electrons. The minimum atomic E-state index is -5.29. The van der Waals surface area contributed by atoms with E-state index >= 15 is 60.3 Å². The molecule has 2 unspecified atom stereocenters. The summed E-state index contributed by atoms with van der Waals surface area (Å²) in [5.74, 6) is -19.4. The summed E-state index contributed by atoms with van der Waals surface area (Å²) in [6, 6.07) is -11.4. The number of carbonyl (C=O) groups excluding carboxylic acids is 11. The molecule has 4 aliphatic heterocycles. The molecule has 24 nitrogen and oxygen atoms in total. The summed E-state index contributed by atoms with van der Waals surface area (Å²) in [5.41, 5.74) is -1.92. The molecule has 8 fully saturated rings. The quantitative estimate of drug-likeness (QED) is 0.169. The predicted molar refractivity (Wildman–Crippen MR) is 384 cm³/mol. The Hall–Kier alpha value is -6.68. The van der Waals surface area contributed by atoms with Crippen molar-refractivity contribution in [2.24, 2.45) is 47.3 Å². The molecule has 12 atom stereocenters. The number of rotatable bonds is 11. The number of fused-ring (bicyclic) bond motifs is 3. The van der Waals surface area contributed by atoms with Gasteiger partial charge in [0.2, 0.25) is 65.0 Å². The van der Waals surface area contributed by atoms with Gasteiger partial charge in [-0.25, -0.2) is 8.78 Å². The summed E-state index contributed by atoms with van der Waals surface area (Å²) in [6.07, 6.45) is -21.9. The maximum absolute atomic E-state index is 15.7. The van der Waals surface area contributed by atoms with Gasteiger partial charge in [-0.3, -0.25) is 52.7 Å². The number of hydrogen-bond acceptors (Lipinski definition) is 13. The molecule has 8 aliphatic rings. The lowest BCUT2D eigenvalue weighted by Crippen LogP contribution is -2.68. The van der Waals surface area contributed by atoms with Crippen molar-refractivity contribution >= 4 is 65.0 Å². The summed E-state index contributed by atoms with van der Waals surface area (Å²) >= 11 is 0. The number of alkyl halides is 11. The van der Waals surface area contributed by atoms with Gasteiger partial charge in [0.25, 0.3) is 0 Å². The molecular formula is C76H117F11N12O12. The Morgan fingerprint density at radius 3 is 1.76 bits per heavy atom. The topological polar surface area (TPSA) is 262 Å². The minimum Gasteiger partial charge on any atom is -0.378 e. The maximum atomic E-state index is 15.7. The monoisotopic (exact) mass is 1600 g/mol. The van der Waals surface area contributed by atoms with E-state index in [0.29, 0.717) is 62.7 Å². The van der Waals surface area contributed by atoms with Gasteiger partial charge in [0.05, 0.1) is 50.6 Å². The highest BCUT2D eigenvalue weighted by Crippen LogP contribution is 2.46. The van der Waals surface area contributed by atoms with Gasteiger partial charge in [-0.2, -0.15) is 39.5 Å². The number of nitrogens with one attached hydrogen (secondary N) is 3. The van der Waals surface area contributed by atoms with Gasteiger partial charge in [0.1, 0.15) is 60.1 Å². The van der Waals surface area contributed by atoms with Gasteiger partial charge in [-0.1, -0.05) is 59.8 Å². The first-order valence-corrected chi connectivity index (χ1v) is 39.8. The molecule has 0 aromatic carbocycles. The number of hydrogen-bond donors (Lipinski definition) is 3. The van der Waals surface area contributed by atoms with Crippen molar-refractivity contribution < 1.29 is 106 Å². The number of nitrogens with zero attached hydrogens (tertiary/aromatic N) is 9. The zero-order valence-electron chi connectivity index (χ0n) is 65.8. The Kier molecular flexibility index (Phi) is 30.9. The van der Waals surface area contributed by atoms with E-state index in [9.17, 15) is 40.7 Å². The number of morpholine rings is 1. The zero-order chi connectivity index (χ0) is 82.1. The first-order chi connectivity index (χ1) is 52.0. The molecule has 0 aromatic heterocycles. The van der Waals surface area contributed by atoms with Gasteiger partial charge in [-0.05, 0) is 145 Å². The van der Waals surface area contributed by atoms with Crippen LogP contribution in [0.15, 0.2) is 0 Å². The largest absolute Gasteiger partial charge is 0.397 e. The third-order valence-electron chi connectivity index (χ3n) is 25.3. The lowest BCUT2D eigenvalue weighted by molar-refractivity contribution is -0.219. The van der Waals surface area contributed by atoms with Gasteiger partial charge in [0.15, 0.2) is 0 Å². The molecular weight excluding hydrogens is 1480 g/mol. The highest BCUT2D eigenvalue weighted by Gasteiger charge is 2.58. The van der Waals surface area contributed by atoms with Crippen LogP contribution >= 0.6 is 0 Å². The Morgan fingerprint density at radius 2 is 1.19 bits per heavy atom. The predicted octanol–water partition coefficient (Wildman–Crippen LogP) is 7.59. The molecule has 4 heterocycles. The molecule has 1 spiro atoms. The molecule has 11 amide bonds. The van der Waals surface area contributed by atoms with E-state index in [1.807, 2.05) is 27.7 Å². The van der Waals surface area contributed by atoms with Gasteiger partial charge in [0, 0.05) is 81.1 Å². The third-order valence-corrected chi connectivity index (χ3v) is 25.3. The van der Waals surface area contributed by atoms with Crippen LogP contribution in [0.5, 0.6) is 0 Å². The van der Waals surface area contributed by atoms with Crippen LogP contribution in [0.2, 0.25) is 0 Å². The molecule has 3 N–H and O–H groups in total. The maximum Gasteiger partial charge on any atom is 0.397 e. The van der Waals surface area contributed by atoms with Crippen LogP contribution in [0.4, 0.5) is 48.3 Å². The summed E-state index contributed by atoms with van der Waals surface area (Å²) < 4.78 is 166. The van der Waals surface area contributed by atoms with Crippen LogP contribution in [0.1, 0.15) is 182 Å². The fraction of sp³-hybridized carbons (Fsp3) is 0.855. The highest BCUT2D eigenvalue weighted by molar-refractivity contribution is 6.00. The van der Waals surface area contributed by atoms with Crippen molar-refractivity contribution in [2.45, 2.75) is 267 Å². The second kappa shape index (κ2) is 38.2. The molecule has 2 bridgehead atoms. The molecule has 0 aromatic rings. The van der Waals surface area contributed by atoms with Crippen molar-refractivity contribution in [3.8, 4) is 0 Å². The molecule has 4 saturated carbocycles. The summed E-state index contributed by atoms with van der Waals surface area (Å²) in [6.45, 7) is 5.18. The van der Waals surface area contributed by atoms with Crippen molar-refractivity contribution in [1.29, 1.82) is 0 Å². The summed E-state index contributed by atoms with van der Waals surface area (Å²) in [5, 5.41) is 8.47. The standard InChI is InChI=1S/C76H117F11N12O12/c1-11-45(4)63-70(108)92(6)43-61(102)94(8)55-20-13-12-16-29-98(69(55)107)58(37-46-21-24-49(25-22-46)74(79,80)81)67(105)91(5)42-59(100)89-54(26-23-47-35-52(77)62(53(78)36-47)76(85,86)87)66(104)99-41-50(75(82,83)84)38-56(99)65(103)90-73(27-17-28-73)72(110)96(10)64(48-18-14-15-19-48)71(109)95(9)57(68(106)97-30-32-111-33-31-97)39-60(101)93(7)51(40-88-63)34-44(2)3/h44-58,62-64,88H,11-43H2,1-10H3,(H,89,100)(H,90,103)/t45-,46?,47?,49?,50-,51+,52?,53?,54+,55+,56+,57+,58+,62?,63+,64+/m1/s1. The lowest BCUT2D eigenvalue weighted by Gasteiger charge is -2.47. The normalized spacial score (nSPS) is 32.4. The van der Waals surface area contributed by atoms with Crippen LogP contribution in [0, 0.1) is 47.3 Å². The summed E-state index contributed by atoms with van der Waals surface area (Å²) in [4.78, 5) is 177. The Balaban J connectivity index is 1.21.